The van der Waals surface area contributed by atoms with E-state index in [-0.39, 0.29) is 17.6 Å². The Morgan fingerprint density at radius 2 is 1.70 bits per heavy atom. The second-order valence-corrected chi connectivity index (χ2v) is 6.95. The third-order valence-corrected chi connectivity index (χ3v) is 4.63. The van der Waals surface area contributed by atoms with Gasteiger partial charge in [0.2, 0.25) is 0 Å². The number of rotatable bonds is 7. The molecule has 2 N–H and O–H groups in total. The smallest absolute Gasteiger partial charge is 0.276 e. The van der Waals surface area contributed by atoms with Crippen molar-refractivity contribution in [1.82, 2.24) is 20.0 Å². The Hall–Kier alpha value is -4.00. The number of hydrogen-bond donors (Lipinski definition) is 2. The van der Waals surface area contributed by atoms with Crippen molar-refractivity contribution in [2.24, 2.45) is 0 Å². The molecule has 2 heterocycles. The van der Waals surface area contributed by atoms with E-state index in [9.17, 15) is 4.79 Å². The maximum absolute atomic E-state index is 12.3. The first kappa shape index (κ1) is 19.3. The molecule has 1 amide bonds. The molecular formula is C23H22N6O. The SMILES string of the molecule is CC(Nc1ccc(C(=O)Nc2ccccc2)nn1)c1cnn(Cc2ccccc2)c1. The van der Waals surface area contributed by atoms with Crippen LogP contribution in [0.2, 0.25) is 0 Å². The van der Waals surface area contributed by atoms with Crippen LogP contribution in [0.25, 0.3) is 0 Å². The monoisotopic (exact) mass is 398 g/mol. The van der Waals surface area contributed by atoms with E-state index >= 15 is 0 Å². The Labute approximate surface area is 174 Å². The Morgan fingerprint density at radius 3 is 2.40 bits per heavy atom. The number of carbonyl (C=O) groups is 1. The molecule has 1 unspecified atom stereocenters. The first-order valence-electron chi connectivity index (χ1n) is 9.70. The number of amides is 1. The van der Waals surface area contributed by atoms with Gasteiger partial charge in [0.25, 0.3) is 5.91 Å². The summed E-state index contributed by atoms with van der Waals surface area (Å²) in [5.41, 5.74) is 3.21. The molecule has 7 nitrogen and oxygen atoms in total. The highest BCUT2D eigenvalue weighted by Gasteiger charge is 2.12. The van der Waals surface area contributed by atoms with Crippen molar-refractivity contribution in [3.8, 4) is 0 Å². The van der Waals surface area contributed by atoms with Crippen LogP contribution in [0.4, 0.5) is 11.5 Å². The van der Waals surface area contributed by atoms with Crippen LogP contribution in [0.5, 0.6) is 0 Å². The minimum atomic E-state index is -0.296. The highest BCUT2D eigenvalue weighted by molar-refractivity contribution is 6.02. The molecule has 0 spiro atoms. The van der Waals surface area contributed by atoms with Gasteiger partial charge in [0, 0.05) is 17.4 Å². The highest BCUT2D eigenvalue weighted by atomic mass is 16.1. The average molecular weight is 398 g/mol. The first-order valence-corrected chi connectivity index (χ1v) is 9.70. The van der Waals surface area contributed by atoms with E-state index in [1.807, 2.05) is 72.5 Å². The average Bonchev–Trinajstić information content (AvgIpc) is 3.24. The Bertz CT molecular complexity index is 1090. The second-order valence-electron chi connectivity index (χ2n) is 6.95. The van der Waals surface area contributed by atoms with Gasteiger partial charge in [-0.05, 0) is 36.8 Å². The normalized spacial score (nSPS) is 11.6. The van der Waals surface area contributed by atoms with Crippen molar-refractivity contribution in [2.45, 2.75) is 19.5 Å². The van der Waals surface area contributed by atoms with Gasteiger partial charge in [0.05, 0.1) is 18.8 Å². The van der Waals surface area contributed by atoms with Gasteiger partial charge < -0.3 is 10.6 Å². The van der Waals surface area contributed by atoms with E-state index in [4.69, 9.17) is 0 Å². The Morgan fingerprint density at radius 1 is 0.967 bits per heavy atom. The predicted octanol–water partition coefficient (Wildman–Crippen LogP) is 4.15. The van der Waals surface area contributed by atoms with E-state index in [1.165, 1.54) is 5.56 Å². The summed E-state index contributed by atoms with van der Waals surface area (Å²) in [5, 5.41) is 18.7. The first-order chi connectivity index (χ1) is 14.7. The van der Waals surface area contributed by atoms with Crippen LogP contribution in [0, 0.1) is 0 Å². The summed E-state index contributed by atoms with van der Waals surface area (Å²) >= 11 is 0. The van der Waals surface area contributed by atoms with Crippen LogP contribution in [-0.4, -0.2) is 25.9 Å². The molecule has 4 aromatic rings. The number of anilines is 2. The summed E-state index contributed by atoms with van der Waals surface area (Å²) in [6.07, 6.45) is 3.86. The van der Waals surface area contributed by atoms with Crippen molar-refractivity contribution in [2.75, 3.05) is 10.6 Å². The summed E-state index contributed by atoms with van der Waals surface area (Å²) in [6.45, 7) is 2.75. The minimum Gasteiger partial charge on any atom is -0.362 e. The van der Waals surface area contributed by atoms with Crippen LogP contribution in [0.1, 0.15) is 34.6 Å². The molecule has 0 aliphatic rings. The molecule has 0 aliphatic carbocycles. The Kier molecular flexibility index (Phi) is 5.80. The van der Waals surface area contributed by atoms with Crippen LogP contribution in [0.15, 0.2) is 85.2 Å². The summed E-state index contributed by atoms with van der Waals surface area (Å²) in [6, 6.07) is 22.8. The summed E-state index contributed by atoms with van der Waals surface area (Å²) in [5.74, 6) is 0.296. The number of carbonyl (C=O) groups excluding carboxylic acids is 1. The zero-order valence-corrected chi connectivity index (χ0v) is 16.6. The van der Waals surface area contributed by atoms with Crippen molar-refractivity contribution < 1.29 is 4.79 Å². The van der Waals surface area contributed by atoms with E-state index in [0.717, 1.165) is 12.1 Å². The fourth-order valence-electron chi connectivity index (χ4n) is 3.01. The second kappa shape index (κ2) is 9.00. The van der Waals surface area contributed by atoms with Gasteiger partial charge >= 0.3 is 0 Å². The fourth-order valence-corrected chi connectivity index (χ4v) is 3.01. The lowest BCUT2D eigenvalue weighted by Gasteiger charge is -2.12. The summed E-state index contributed by atoms with van der Waals surface area (Å²) < 4.78 is 1.91. The van der Waals surface area contributed by atoms with Gasteiger partial charge in [-0.15, -0.1) is 10.2 Å². The number of nitrogens with zero attached hydrogens (tertiary/aromatic N) is 4. The molecular weight excluding hydrogens is 376 g/mol. The van der Waals surface area contributed by atoms with Crippen LogP contribution in [-0.2, 0) is 6.54 Å². The topological polar surface area (TPSA) is 84.7 Å². The van der Waals surface area contributed by atoms with Crippen LogP contribution >= 0.6 is 0 Å². The molecule has 0 bridgehead atoms. The molecule has 2 aromatic heterocycles. The standard InChI is InChI=1S/C23H22N6O/c1-17(19-14-24-29(16-19)15-18-8-4-2-5-9-18)25-22-13-12-21(27-28-22)23(30)26-20-10-6-3-7-11-20/h2-14,16-17H,15H2,1H3,(H,25,28)(H,26,30). The van der Waals surface area contributed by atoms with Gasteiger partial charge in [-0.25, -0.2) is 0 Å². The molecule has 30 heavy (non-hydrogen) atoms. The molecule has 2 aromatic carbocycles. The van der Waals surface area contributed by atoms with Crippen molar-refractivity contribution in [3.05, 3.63) is 102 Å². The molecule has 0 radical (unpaired) electrons. The highest BCUT2D eigenvalue weighted by Crippen LogP contribution is 2.17. The maximum Gasteiger partial charge on any atom is 0.276 e. The lowest BCUT2D eigenvalue weighted by Crippen LogP contribution is -2.15. The van der Waals surface area contributed by atoms with Crippen LogP contribution in [0.3, 0.4) is 0 Å². The molecule has 150 valence electrons. The number of benzene rings is 2. The number of hydrogen-bond acceptors (Lipinski definition) is 5. The summed E-state index contributed by atoms with van der Waals surface area (Å²) in [4.78, 5) is 12.3. The Balaban J connectivity index is 1.35. The number of para-hydroxylation sites is 1. The molecule has 4 rings (SSSR count). The van der Waals surface area contributed by atoms with Gasteiger partial charge in [0.15, 0.2) is 5.69 Å². The van der Waals surface area contributed by atoms with Gasteiger partial charge in [-0.2, -0.15) is 5.10 Å². The molecule has 0 saturated heterocycles. The van der Waals surface area contributed by atoms with Crippen molar-refractivity contribution in [1.29, 1.82) is 0 Å². The summed E-state index contributed by atoms with van der Waals surface area (Å²) in [7, 11) is 0. The lowest BCUT2D eigenvalue weighted by molar-refractivity contribution is 0.102. The van der Waals surface area contributed by atoms with Gasteiger partial charge in [-0.1, -0.05) is 48.5 Å². The zero-order valence-electron chi connectivity index (χ0n) is 16.6. The van der Waals surface area contributed by atoms with E-state index in [1.54, 1.807) is 12.1 Å². The third-order valence-electron chi connectivity index (χ3n) is 4.63. The molecule has 0 fully saturated rings. The molecule has 1 atom stereocenters. The van der Waals surface area contributed by atoms with Crippen molar-refractivity contribution >= 4 is 17.4 Å². The lowest BCUT2D eigenvalue weighted by atomic mass is 10.2. The maximum atomic E-state index is 12.3. The van der Waals surface area contributed by atoms with Crippen molar-refractivity contribution in [3.63, 3.8) is 0 Å². The zero-order chi connectivity index (χ0) is 20.8. The molecule has 7 heteroatoms. The largest absolute Gasteiger partial charge is 0.362 e. The van der Waals surface area contributed by atoms with E-state index in [2.05, 4.69) is 38.1 Å². The quantitative estimate of drug-likeness (QED) is 0.489. The number of aromatic nitrogens is 4. The van der Waals surface area contributed by atoms with E-state index < -0.39 is 0 Å². The van der Waals surface area contributed by atoms with E-state index in [0.29, 0.717) is 11.5 Å². The van der Waals surface area contributed by atoms with Gasteiger partial charge in [-0.3, -0.25) is 9.48 Å². The van der Waals surface area contributed by atoms with Gasteiger partial charge in [0.1, 0.15) is 5.82 Å². The third kappa shape index (κ3) is 4.88. The number of nitrogens with one attached hydrogen (secondary N) is 2. The fraction of sp³-hybridized carbons (Fsp3) is 0.130. The minimum absolute atomic E-state index is 0.00665. The molecule has 0 aliphatic heterocycles. The predicted molar refractivity (Wildman–Crippen MR) is 116 cm³/mol. The molecule has 0 saturated carbocycles. The van der Waals surface area contributed by atoms with Crippen LogP contribution < -0.4 is 10.6 Å².